The van der Waals surface area contributed by atoms with E-state index in [4.69, 9.17) is 0 Å². The van der Waals surface area contributed by atoms with Crippen LogP contribution >= 0.6 is 11.3 Å². The van der Waals surface area contributed by atoms with Crippen molar-refractivity contribution in [3.63, 3.8) is 0 Å². The number of para-hydroxylation sites is 1. The maximum absolute atomic E-state index is 13.3. The molecule has 0 unspecified atom stereocenters. The van der Waals surface area contributed by atoms with Gasteiger partial charge in [0, 0.05) is 5.69 Å². The number of carbonyl (C=O) groups is 1. The van der Waals surface area contributed by atoms with Crippen molar-refractivity contribution in [3.05, 3.63) is 91.4 Å². The number of amides is 1. The second kappa shape index (κ2) is 7.76. The third-order valence-corrected chi connectivity index (χ3v) is 5.96. The van der Waals surface area contributed by atoms with Crippen LogP contribution in [0.4, 0.5) is 5.69 Å². The fraction of sp³-hybridized carbons (Fsp3) is 0.174. The minimum absolute atomic E-state index is 0.189. The summed E-state index contributed by atoms with van der Waals surface area (Å²) < 4.78 is 2.97. The van der Waals surface area contributed by atoms with Gasteiger partial charge in [-0.05, 0) is 55.5 Å². The Hall–Kier alpha value is -3.45. The van der Waals surface area contributed by atoms with E-state index in [9.17, 15) is 14.4 Å². The molecular weight excluding hydrogens is 398 g/mol. The molecule has 0 saturated carbocycles. The van der Waals surface area contributed by atoms with Crippen LogP contribution in [-0.4, -0.2) is 15.0 Å². The molecule has 30 heavy (non-hydrogen) atoms. The summed E-state index contributed by atoms with van der Waals surface area (Å²) in [6.45, 7) is 5.53. The molecule has 0 spiro atoms. The van der Waals surface area contributed by atoms with Crippen molar-refractivity contribution in [2.75, 3.05) is 5.32 Å². The van der Waals surface area contributed by atoms with Gasteiger partial charge in [0.05, 0.1) is 11.2 Å². The Balaban J connectivity index is 1.83. The zero-order valence-corrected chi connectivity index (χ0v) is 17.7. The highest BCUT2D eigenvalue weighted by Crippen LogP contribution is 2.19. The molecular formula is C23H21N3O3S. The molecule has 0 aliphatic rings. The summed E-state index contributed by atoms with van der Waals surface area (Å²) in [6, 6.07) is 14.7. The predicted molar refractivity (Wildman–Crippen MR) is 121 cm³/mol. The average molecular weight is 420 g/mol. The van der Waals surface area contributed by atoms with Crippen molar-refractivity contribution in [2.45, 2.75) is 27.3 Å². The van der Waals surface area contributed by atoms with Gasteiger partial charge in [0.25, 0.3) is 5.56 Å². The molecule has 2 aromatic carbocycles. The SMILES string of the molecule is Cc1ccc(-n2c(=O)c3sccc3n(CC(=O)Nc3ccccc3C)c2=O)c(C)c1. The fourth-order valence-corrected chi connectivity index (χ4v) is 4.38. The van der Waals surface area contributed by atoms with Gasteiger partial charge in [0.15, 0.2) is 0 Å². The van der Waals surface area contributed by atoms with E-state index in [-0.39, 0.29) is 18.0 Å². The van der Waals surface area contributed by atoms with Gasteiger partial charge in [-0.2, -0.15) is 0 Å². The Kier molecular flexibility index (Phi) is 5.13. The largest absolute Gasteiger partial charge is 0.336 e. The van der Waals surface area contributed by atoms with Crippen molar-refractivity contribution in [1.82, 2.24) is 9.13 Å². The van der Waals surface area contributed by atoms with E-state index in [2.05, 4.69) is 5.32 Å². The summed E-state index contributed by atoms with van der Waals surface area (Å²) in [5.41, 5.74) is 3.58. The van der Waals surface area contributed by atoms with Gasteiger partial charge in [-0.1, -0.05) is 35.9 Å². The van der Waals surface area contributed by atoms with Crippen LogP contribution < -0.4 is 16.6 Å². The number of carbonyl (C=O) groups excluding carboxylic acids is 1. The summed E-state index contributed by atoms with van der Waals surface area (Å²) in [5.74, 6) is -0.329. The van der Waals surface area contributed by atoms with Crippen molar-refractivity contribution < 1.29 is 4.79 Å². The maximum Gasteiger partial charge on any atom is 0.336 e. The van der Waals surface area contributed by atoms with E-state index in [1.165, 1.54) is 15.9 Å². The lowest BCUT2D eigenvalue weighted by molar-refractivity contribution is -0.116. The second-order valence-corrected chi connectivity index (χ2v) is 8.21. The number of nitrogens with zero attached hydrogens (tertiary/aromatic N) is 2. The van der Waals surface area contributed by atoms with Gasteiger partial charge in [-0.15, -0.1) is 11.3 Å². The lowest BCUT2D eigenvalue weighted by Crippen LogP contribution is -2.40. The molecule has 2 aromatic heterocycles. The Morgan fingerprint density at radius 1 is 1.00 bits per heavy atom. The molecule has 0 aliphatic carbocycles. The minimum Gasteiger partial charge on any atom is -0.324 e. The lowest BCUT2D eigenvalue weighted by Gasteiger charge is -2.14. The van der Waals surface area contributed by atoms with E-state index in [1.54, 1.807) is 17.5 Å². The molecule has 1 N–H and O–H groups in total. The van der Waals surface area contributed by atoms with E-state index in [1.807, 2.05) is 57.2 Å². The van der Waals surface area contributed by atoms with Crippen LogP contribution in [0.5, 0.6) is 0 Å². The zero-order chi connectivity index (χ0) is 21.4. The topological polar surface area (TPSA) is 73.1 Å². The van der Waals surface area contributed by atoms with Crippen LogP contribution in [0, 0.1) is 20.8 Å². The molecule has 0 bridgehead atoms. The van der Waals surface area contributed by atoms with Gasteiger partial charge in [0.1, 0.15) is 11.2 Å². The summed E-state index contributed by atoms with van der Waals surface area (Å²) in [4.78, 5) is 39.2. The third-order valence-electron chi connectivity index (χ3n) is 5.07. The normalized spacial score (nSPS) is 11.0. The Bertz CT molecular complexity index is 1400. The highest BCUT2D eigenvalue weighted by molar-refractivity contribution is 7.17. The first-order valence-electron chi connectivity index (χ1n) is 9.53. The number of fused-ring (bicyclic) bond motifs is 1. The number of hydrogen-bond acceptors (Lipinski definition) is 4. The molecule has 0 atom stereocenters. The van der Waals surface area contributed by atoms with Crippen molar-refractivity contribution in [3.8, 4) is 5.69 Å². The summed E-state index contributed by atoms with van der Waals surface area (Å²) >= 11 is 1.26. The number of aromatic nitrogens is 2. The van der Waals surface area contributed by atoms with Crippen LogP contribution in [0.3, 0.4) is 0 Å². The first-order chi connectivity index (χ1) is 14.4. The Labute approximate surface area is 177 Å². The molecule has 4 aromatic rings. The van der Waals surface area contributed by atoms with Crippen molar-refractivity contribution >= 4 is 33.1 Å². The molecule has 152 valence electrons. The van der Waals surface area contributed by atoms with Crippen LogP contribution in [-0.2, 0) is 11.3 Å². The number of aryl methyl sites for hydroxylation is 3. The van der Waals surface area contributed by atoms with Crippen molar-refractivity contribution in [1.29, 1.82) is 0 Å². The molecule has 1 amide bonds. The number of thiophene rings is 1. The molecule has 6 nitrogen and oxygen atoms in total. The molecule has 4 rings (SSSR count). The lowest BCUT2D eigenvalue weighted by atomic mass is 10.1. The van der Waals surface area contributed by atoms with Crippen LogP contribution in [0.15, 0.2) is 63.5 Å². The van der Waals surface area contributed by atoms with E-state index in [0.717, 1.165) is 21.3 Å². The van der Waals surface area contributed by atoms with Crippen LogP contribution in [0.1, 0.15) is 16.7 Å². The van der Waals surface area contributed by atoms with Gasteiger partial charge in [0.2, 0.25) is 5.91 Å². The number of benzene rings is 2. The quantitative estimate of drug-likeness (QED) is 0.547. The molecule has 0 aliphatic heterocycles. The molecule has 2 heterocycles. The average Bonchev–Trinajstić information content (AvgIpc) is 3.19. The summed E-state index contributed by atoms with van der Waals surface area (Å²) in [7, 11) is 0. The van der Waals surface area contributed by atoms with Gasteiger partial charge < -0.3 is 5.32 Å². The van der Waals surface area contributed by atoms with Gasteiger partial charge >= 0.3 is 5.69 Å². The first-order valence-corrected chi connectivity index (χ1v) is 10.4. The zero-order valence-electron chi connectivity index (χ0n) is 16.9. The summed E-state index contributed by atoms with van der Waals surface area (Å²) in [6.07, 6.45) is 0. The van der Waals surface area contributed by atoms with E-state index >= 15 is 0 Å². The fourth-order valence-electron chi connectivity index (χ4n) is 3.56. The second-order valence-electron chi connectivity index (χ2n) is 7.30. The monoisotopic (exact) mass is 419 g/mol. The Morgan fingerprint density at radius 3 is 2.50 bits per heavy atom. The highest BCUT2D eigenvalue weighted by Gasteiger charge is 2.18. The summed E-state index contributed by atoms with van der Waals surface area (Å²) in [5, 5.41) is 4.61. The van der Waals surface area contributed by atoms with E-state index in [0.29, 0.717) is 21.6 Å². The standard InChI is InChI=1S/C23H21N3O3S/c1-14-8-9-18(16(3)12-14)26-22(28)21-19(10-11-30-21)25(23(26)29)13-20(27)24-17-7-5-4-6-15(17)2/h4-12H,13H2,1-3H3,(H,24,27). The molecule has 0 radical (unpaired) electrons. The Morgan fingerprint density at radius 2 is 1.77 bits per heavy atom. The van der Waals surface area contributed by atoms with E-state index < -0.39 is 5.69 Å². The number of hydrogen-bond donors (Lipinski definition) is 1. The minimum atomic E-state index is -0.530. The van der Waals surface area contributed by atoms with Gasteiger partial charge in [-0.3, -0.25) is 14.2 Å². The number of nitrogens with one attached hydrogen (secondary N) is 1. The van der Waals surface area contributed by atoms with Gasteiger partial charge in [-0.25, -0.2) is 9.36 Å². The molecule has 0 saturated heterocycles. The third kappa shape index (κ3) is 3.48. The first kappa shape index (κ1) is 19.8. The molecule has 0 fully saturated rings. The number of rotatable bonds is 4. The van der Waals surface area contributed by atoms with Crippen LogP contribution in [0.2, 0.25) is 0 Å². The smallest absolute Gasteiger partial charge is 0.324 e. The molecule has 7 heteroatoms. The number of anilines is 1. The van der Waals surface area contributed by atoms with Crippen molar-refractivity contribution in [2.24, 2.45) is 0 Å². The highest BCUT2D eigenvalue weighted by atomic mass is 32.1. The predicted octanol–water partition coefficient (Wildman–Crippen LogP) is 3.78. The maximum atomic E-state index is 13.3. The van der Waals surface area contributed by atoms with Crippen LogP contribution in [0.25, 0.3) is 15.9 Å².